The molecule has 4 nitrogen and oxygen atoms in total. The molecule has 2 aliphatic rings. The van der Waals surface area contributed by atoms with Crippen LogP contribution in [0.5, 0.6) is 5.75 Å². The molecule has 1 heterocycles. The summed E-state index contributed by atoms with van der Waals surface area (Å²) in [6.45, 7) is 3.97. The molecule has 0 amide bonds. The molecule has 1 saturated heterocycles. The average Bonchev–Trinajstić information content (AvgIpc) is 3.27. The van der Waals surface area contributed by atoms with E-state index in [4.69, 9.17) is 10.5 Å². The molecule has 1 aliphatic carbocycles. The van der Waals surface area contributed by atoms with Gasteiger partial charge in [-0.05, 0) is 44.0 Å². The Morgan fingerprint density at radius 3 is 2.90 bits per heavy atom. The van der Waals surface area contributed by atoms with Crippen molar-refractivity contribution in [1.82, 2.24) is 9.80 Å². The summed E-state index contributed by atoms with van der Waals surface area (Å²) in [7, 11) is 3.93. The molecule has 0 radical (unpaired) electrons. The number of rotatable bonds is 6. The topological polar surface area (TPSA) is 41.7 Å². The van der Waals surface area contributed by atoms with E-state index in [0.717, 1.165) is 31.4 Å². The van der Waals surface area contributed by atoms with Gasteiger partial charge in [0, 0.05) is 37.8 Å². The Hall–Kier alpha value is -1.10. The molecule has 1 saturated carbocycles. The second-order valence-corrected chi connectivity index (χ2v) is 6.59. The summed E-state index contributed by atoms with van der Waals surface area (Å²) in [6, 6.07) is 9.17. The number of nitrogens with two attached hydrogens (primary N) is 1. The van der Waals surface area contributed by atoms with Crippen LogP contribution in [0.2, 0.25) is 0 Å². The van der Waals surface area contributed by atoms with Crippen LogP contribution in [0.4, 0.5) is 0 Å². The van der Waals surface area contributed by atoms with Crippen molar-refractivity contribution < 1.29 is 4.74 Å². The summed E-state index contributed by atoms with van der Waals surface area (Å²) in [5, 5.41) is 0. The van der Waals surface area contributed by atoms with Crippen molar-refractivity contribution in [3.8, 4) is 5.75 Å². The lowest BCUT2D eigenvalue weighted by Gasteiger charge is -2.38. The summed E-state index contributed by atoms with van der Waals surface area (Å²) in [5.74, 6) is 0.925. The first kappa shape index (κ1) is 14.8. The van der Waals surface area contributed by atoms with Gasteiger partial charge in [0.25, 0.3) is 0 Å². The zero-order chi connectivity index (χ0) is 14.9. The number of ether oxygens (including phenoxy) is 1. The number of likely N-dealkylation sites (tertiary alicyclic amines) is 1. The molecule has 1 unspecified atom stereocenters. The molecule has 4 heteroatoms. The molecular formula is C17H27N3O. The fourth-order valence-corrected chi connectivity index (χ4v) is 3.49. The number of likely N-dealkylation sites (N-methyl/N-ethyl adjacent to an activating group) is 1. The first-order valence-corrected chi connectivity index (χ1v) is 7.95. The summed E-state index contributed by atoms with van der Waals surface area (Å²) in [4.78, 5) is 5.08. The van der Waals surface area contributed by atoms with Crippen LogP contribution in [0.3, 0.4) is 0 Å². The summed E-state index contributed by atoms with van der Waals surface area (Å²) < 4.78 is 5.32. The van der Waals surface area contributed by atoms with Crippen molar-refractivity contribution in [1.29, 1.82) is 0 Å². The quantitative estimate of drug-likeness (QED) is 0.865. The number of methoxy groups -OCH3 is 1. The van der Waals surface area contributed by atoms with Gasteiger partial charge < -0.3 is 10.5 Å². The minimum Gasteiger partial charge on any atom is -0.497 e. The van der Waals surface area contributed by atoms with Gasteiger partial charge in [-0.15, -0.1) is 0 Å². The average molecular weight is 289 g/mol. The molecule has 1 atom stereocenters. The number of nitrogens with zero attached hydrogens (tertiary/aromatic N) is 2. The third-order valence-corrected chi connectivity index (χ3v) is 5.17. The largest absolute Gasteiger partial charge is 0.497 e. The molecule has 2 fully saturated rings. The van der Waals surface area contributed by atoms with Gasteiger partial charge in [0.05, 0.1) is 7.11 Å². The molecule has 3 rings (SSSR count). The van der Waals surface area contributed by atoms with E-state index in [0.29, 0.717) is 0 Å². The van der Waals surface area contributed by atoms with E-state index in [2.05, 4.69) is 35.0 Å². The van der Waals surface area contributed by atoms with Gasteiger partial charge >= 0.3 is 0 Å². The van der Waals surface area contributed by atoms with E-state index < -0.39 is 0 Å². The maximum absolute atomic E-state index is 6.17. The smallest absolute Gasteiger partial charge is 0.119 e. The zero-order valence-corrected chi connectivity index (χ0v) is 13.2. The number of hydrogen-bond donors (Lipinski definition) is 1. The van der Waals surface area contributed by atoms with E-state index in [1.807, 2.05) is 6.07 Å². The molecule has 1 aromatic rings. The van der Waals surface area contributed by atoms with Crippen LogP contribution in [-0.4, -0.2) is 55.2 Å². The van der Waals surface area contributed by atoms with E-state index in [9.17, 15) is 0 Å². The molecule has 0 aromatic heterocycles. The van der Waals surface area contributed by atoms with Crippen molar-refractivity contribution in [3.63, 3.8) is 0 Å². The molecule has 2 N–H and O–H groups in total. The van der Waals surface area contributed by atoms with E-state index in [-0.39, 0.29) is 5.54 Å². The van der Waals surface area contributed by atoms with Gasteiger partial charge in [0.1, 0.15) is 5.75 Å². The monoisotopic (exact) mass is 289 g/mol. The van der Waals surface area contributed by atoms with Crippen LogP contribution in [0.25, 0.3) is 0 Å². The molecular weight excluding hydrogens is 262 g/mol. The van der Waals surface area contributed by atoms with Crippen LogP contribution >= 0.6 is 0 Å². The van der Waals surface area contributed by atoms with Crippen molar-refractivity contribution in [2.45, 2.75) is 37.4 Å². The highest BCUT2D eigenvalue weighted by Crippen LogP contribution is 2.35. The normalized spacial score (nSPS) is 26.5. The van der Waals surface area contributed by atoms with Gasteiger partial charge in [0.15, 0.2) is 0 Å². The standard InChI is InChI=1S/C17H27N3O/c1-19(11-14-4-3-5-16(10-14)21-2)17(12-18)8-9-20(13-17)15-6-7-15/h3-5,10,15H,6-9,11-13,18H2,1-2H3. The number of benzene rings is 1. The minimum atomic E-state index is 0.131. The van der Waals surface area contributed by atoms with E-state index in [1.54, 1.807) is 7.11 Å². The highest BCUT2D eigenvalue weighted by molar-refractivity contribution is 5.28. The van der Waals surface area contributed by atoms with Crippen LogP contribution in [0.15, 0.2) is 24.3 Å². The Bertz CT molecular complexity index is 489. The minimum absolute atomic E-state index is 0.131. The van der Waals surface area contributed by atoms with Gasteiger partial charge in [-0.2, -0.15) is 0 Å². The lowest BCUT2D eigenvalue weighted by atomic mass is 9.96. The van der Waals surface area contributed by atoms with Crippen molar-refractivity contribution in [2.24, 2.45) is 5.73 Å². The van der Waals surface area contributed by atoms with E-state index >= 15 is 0 Å². The third kappa shape index (κ3) is 3.07. The maximum atomic E-state index is 6.17. The van der Waals surface area contributed by atoms with Crippen LogP contribution < -0.4 is 10.5 Å². The molecule has 21 heavy (non-hydrogen) atoms. The van der Waals surface area contributed by atoms with Crippen molar-refractivity contribution >= 4 is 0 Å². The van der Waals surface area contributed by atoms with Crippen LogP contribution in [-0.2, 0) is 6.54 Å². The maximum Gasteiger partial charge on any atom is 0.119 e. The van der Waals surface area contributed by atoms with Crippen LogP contribution in [0, 0.1) is 0 Å². The Balaban J connectivity index is 1.68. The van der Waals surface area contributed by atoms with Crippen molar-refractivity contribution in [2.75, 3.05) is 33.8 Å². The van der Waals surface area contributed by atoms with Gasteiger partial charge in [-0.3, -0.25) is 9.80 Å². The Kier molecular flexibility index (Phi) is 4.20. The summed E-state index contributed by atoms with van der Waals surface area (Å²) >= 11 is 0. The first-order valence-electron chi connectivity index (χ1n) is 7.95. The van der Waals surface area contributed by atoms with Crippen LogP contribution in [0.1, 0.15) is 24.8 Å². The molecule has 1 aromatic carbocycles. The highest BCUT2D eigenvalue weighted by atomic mass is 16.5. The predicted octanol–water partition coefficient (Wildman–Crippen LogP) is 1.69. The zero-order valence-electron chi connectivity index (χ0n) is 13.2. The van der Waals surface area contributed by atoms with Crippen molar-refractivity contribution in [3.05, 3.63) is 29.8 Å². The van der Waals surface area contributed by atoms with Gasteiger partial charge in [-0.1, -0.05) is 12.1 Å². The predicted molar refractivity (Wildman–Crippen MR) is 85.5 cm³/mol. The lowest BCUT2D eigenvalue weighted by Crippen LogP contribution is -2.53. The second-order valence-electron chi connectivity index (χ2n) is 6.59. The molecule has 0 spiro atoms. The second kappa shape index (κ2) is 5.95. The lowest BCUT2D eigenvalue weighted by molar-refractivity contribution is 0.120. The van der Waals surface area contributed by atoms with Gasteiger partial charge in [0.2, 0.25) is 0 Å². The van der Waals surface area contributed by atoms with E-state index in [1.165, 1.54) is 31.4 Å². The third-order valence-electron chi connectivity index (χ3n) is 5.17. The Labute approximate surface area is 127 Å². The fourth-order valence-electron chi connectivity index (χ4n) is 3.49. The molecule has 116 valence electrons. The highest BCUT2D eigenvalue weighted by Gasteiger charge is 2.44. The first-order chi connectivity index (χ1) is 10.2. The molecule has 0 bridgehead atoms. The van der Waals surface area contributed by atoms with Gasteiger partial charge in [-0.25, -0.2) is 0 Å². The Morgan fingerprint density at radius 1 is 1.43 bits per heavy atom. The Morgan fingerprint density at radius 2 is 2.24 bits per heavy atom. The summed E-state index contributed by atoms with van der Waals surface area (Å²) in [6.07, 6.45) is 3.93. The summed E-state index contributed by atoms with van der Waals surface area (Å²) in [5.41, 5.74) is 7.59. The fraction of sp³-hybridized carbons (Fsp3) is 0.647. The molecule has 1 aliphatic heterocycles. The number of hydrogen-bond acceptors (Lipinski definition) is 4. The SMILES string of the molecule is COc1cccc(CN(C)C2(CN)CCN(C3CC3)C2)c1.